The van der Waals surface area contributed by atoms with E-state index < -0.39 is 10.0 Å². The van der Waals surface area contributed by atoms with Crippen LogP contribution in [0.2, 0.25) is 10.3 Å². The van der Waals surface area contributed by atoms with E-state index in [0.717, 1.165) is 4.31 Å². The number of nitrogens with one attached hydrogen (secondary N) is 1. The second-order valence-corrected chi connectivity index (χ2v) is 6.99. The molecule has 0 spiro atoms. The van der Waals surface area contributed by atoms with Crippen LogP contribution in [0.3, 0.4) is 0 Å². The topological polar surface area (TPSA) is 88.1 Å². The van der Waals surface area contributed by atoms with Gasteiger partial charge in [-0.25, -0.2) is 17.7 Å². The molecule has 112 valence electrons. The largest absolute Gasteiger partial charge is 0.338 e. The van der Waals surface area contributed by atoms with Gasteiger partial charge in [0.05, 0.1) is 11.9 Å². The minimum atomic E-state index is -3.66. The lowest BCUT2D eigenvalue weighted by molar-refractivity contribution is 0.521. The fourth-order valence-corrected chi connectivity index (χ4v) is 2.70. The summed E-state index contributed by atoms with van der Waals surface area (Å²) in [5.74, 6) is 0.207. The Balaban J connectivity index is 2.49. The van der Waals surface area contributed by atoms with E-state index in [1.165, 1.54) is 38.8 Å². The van der Waals surface area contributed by atoms with Crippen LogP contribution in [0, 0.1) is 0 Å². The van der Waals surface area contributed by atoms with Crippen molar-refractivity contribution >= 4 is 44.7 Å². The highest BCUT2D eigenvalue weighted by Crippen LogP contribution is 2.28. The molecule has 10 heteroatoms. The molecule has 0 aromatic carbocycles. The summed E-state index contributed by atoms with van der Waals surface area (Å²) in [5, 5.41) is 3.04. The molecule has 0 bridgehead atoms. The molecule has 1 N–H and O–H groups in total. The quantitative estimate of drug-likeness (QED) is 0.852. The van der Waals surface area contributed by atoms with E-state index in [-0.39, 0.29) is 26.7 Å². The molecule has 2 rings (SSSR count). The Morgan fingerprint density at radius 3 is 2.62 bits per heavy atom. The average molecular weight is 348 g/mol. The van der Waals surface area contributed by atoms with E-state index in [1.54, 1.807) is 0 Å². The maximum absolute atomic E-state index is 12.2. The number of halogens is 2. The Morgan fingerprint density at radius 1 is 1.24 bits per heavy atom. The van der Waals surface area contributed by atoms with Gasteiger partial charge in [-0.3, -0.25) is 4.98 Å². The van der Waals surface area contributed by atoms with Gasteiger partial charge < -0.3 is 5.32 Å². The van der Waals surface area contributed by atoms with Gasteiger partial charge in [-0.05, 0) is 17.7 Å². The van der Waals surface area contributed by atoms with Crippen molar-refractivity contribution in [3.63, 3.8) is 0 Å². The number of rotatable bonds is 4. The maximum atomic E-state index is 12.2. The Bertz CT molecular complexity index is 767. The SMILES string of the molecule is CN(C)S(=O)(=O)c1cnccc1Nc1nc(Cl)ncc1Cl. The van der Waals surface area contributed by atoms with E-state index in [9.17, 15) is 8.42 Å². The second kappa shape index (κ2) is 6.10. The summed E-state index contributed by atoms with van der Waals surface area (Å²) < 4.78 is 25.6. The third-order valence-electron chi connectivity index (χ3n) is 2.51. The number of sulfonamides is 1. The summed E-state index contributed by atoms with van der Waals surface area (Å²) in [7, 11) is -0.799. The number of aromatic nitrogens is 3. The number of pyridine rings is 1. The molecule has 2 aromatic rings. The van der Waals surface area contributed by atoms with E-state index in [0.29, 0.717) is 0 Å². The van der Waals surface area contributed by atoms with Crippen LogP contribution in [-0.2, 0) is 10.0 Å². The number of nitrogens with zero attached hydrogens (tertiary/aromatic N) is 4. The average Bonchev–Trinajstić information content (AvgIpc) is 2.43. The van der Waals surface area contributed by atoms with Crippen molar-refractivity contribution in [3.8, 4) is 0 Å². The molecule has 0 saturated carbocycles. The van der Waals surface area contributed by atoms with Gasteiger partial charge in [-0.15, -0.1) is 0 Å². The van der Waals surface area contributed by atoms with Crippen molar-refractivity contribution in [2.45, 2.75) is 4.90 Å². The summed E-state index contributed by atoms with van der Waals surface area (Å²) in [6.45, 7) is 0. The fourth-order valence-electron chi connectivity index (χ4n) is 1.45. The molecule has 0 aliphatic heterocycles. The van der Waals surface area contributed by atoms with Crippen LogP contribution in [0.5, 0.6) is 0 Å². The molecule has 0 radical (unpaired) electrons. The van der Waals surface area contributed by atoms with E-state index in [4.69, 9.17) is 23.2 Å². The van der Waals surface area contributed by atoms with Gasteiger partial charge in [0.2, 0.25) is 15.3 Å². The first kappa shape index (κ1) is 15.9. The molecule has 0 fully saturated rings. The number of hydrogen-bond acceptors (Lipinski definition) is 6. The predicted molar refractivity (Wildman–Crippen MR) is 80.4 cm³/mol. The number of hydrogen-bond donors (Lipinski definition) is 1. The molecule has 0 atom stereocenters. The van der Waals surface area contributed by atoms with Crippen LogP contribution in [0.4, 0.5) is 11.5 Å². The molecule has 21 heavy (non-hydrogen) atoms. The molecular weight excluding hydrogens is 337 g/mol. The molecule has 2 heterocycles. The van der Waals surface area contributed by atoms with Gasteiger partial charge in [0, 0.05) is 26.5 Å². The zero-order valence-electron chi connectivity index (χ0n) is 11.1. The minimum Gasteiger partial charge on any atom is -0.338 e. The van der Waals surface area contributed by atoms with Crippen LogP contribution in [0.15, 0.2) is 29.6 Å². The molecular formula is C11H11Cl2N5O2S. The first-order valence-electron chi connectivity index (χ1n) is 5.64. The van der Waals surface area contributed by atoms with Crippen molar-refractivity contribution in [2.75, 3.05) is 19.4 Å². The normalized spacial score (nSPS) is 11.7. The first-order chi connectivity index (χ1) is 9.82. The van der Waals surface area contributed by atoms with E-state index in [1.807, 2.05) is 0 Å². The minimum absolute atomic E-state index is 0.000742. The van der Waals surface area contributed by atoms with E-state index >= 15 is 0 Å². The molecule has 2 aromatic heterocycles. The Morgan fingerprint density at radius 2 is 1.95 bits per heavy atom. The summed E-state index contributed by atoms with van der Waals surface area (Å²) in [6, 6.07) is 1.50. The molecule has 0 aliphatic rings. The molecule has 0 saturated heterocycles. The van der Waals surface area contributed by atoms with Crippen molar-refractivity contribution in [3.05, 3.63) is 35.0 Å². The lowest BCUT2D eigenvalue weighted by atomic mass is 10.4. The lowest BCUT2D eigenvalue weighted by Gasteiger charge is -2.15. The van der Waals surface area contributed by atoms with Gasteiger partial charge in [-0.1, -0.05) is 11.6 Å². The third kappa shape index (κ3) is 3.41. The fraction of sp³-hybridized carbons (Fsp3) is 0.182. The van der Waals surface area contributed by atoms with Crippen LogP contribution in [-0.4, -0.2) is 41.8 Å². The third-order valence-corrected chi connectivity index (χ3v) is 4.81. The molecule has 0 amide bonds. The smallest absolute Gasteiger partial charge is 0.246 e. The summed E-state index contributed by atoms with van der Waals surface area (Å²) in [6.07, 6.45) is 4.02. The highest BCUT2D eigenvalue weighted by atomic mass is 35.5. The van der Waals surface area contributed by atoms with Crippen LogP contribution < -0.4 is 5.32 Å². The summed E-state index contributed by atoms with van der Waals surface area (Å²) in [4.78, 5) is 11.5. The molecule has 7 nitrogen and oxygen atoms in total. The van der Waals surface area contributed by atoms with Crippen LogP contribution in [0.1, 0.15) is 0 Å². The van der Waals surface area contributed by atoms with Crippen molar-refractivity contribution < 1.29 is 8.42 Å². The van der Waals surface area contributed by atoms with Crippen LogP contribution in [0.25, 0.3) is 0 Å². The van der Waals surface area contributed by atoms with Gasteiger partial charge in [0.25, 0.3) is 0 Å². The monoisotopic (exact) mass is 347 g/mol. The van der Waals surface area contributed by atoms with Gasteiger partial charge in [0.15, 0.2) is 5.82 Å². The highest BCUT2D eigenvalue weighted by molar-refractivity contribution is 7.89. The van der Waals surface area contributed by atoms with Crippen molar-refractivity contribution in [1.82, 2.24) is 19.3 Å². The predicted octanol–water partition coefficient (Wildman–Crippen LogP) is 2.17. The zero-order valence-corrected chi connectivity index (χ0v) is 13.4. The second-order valence-electron chi connectivity index (χ2n) is 4.12. The Labute approximate surface area is 132 Å². The number of anilines is 2. The Kier molecular flexibility index (Phi) is 4.62. The highest BCUT2D eigenvalue weighted by Gasteiger charge is 2.22. The Hall–Kier alpha value is -1.48. The van der Waals surface area contributed by atoms with Crippen LogP contribution >= 0.6 is 23.2 Å². The van der Waals surface area contributed by atoms with Gasteiger partial charge >= 0.3 is 0 Å². The van der Waals surface area contributed by atoms with Crippen molar-refractivity contribution in [1.29, 1.82) is 0 Å². The maximum Gasteiger partial charge on any atom is 0.246 e. The molecule has 0 aliphatic carbocycles. The lowest BCUT2D eigenvalue weighted by Crippen LogP contribution is -2.23. The zero-order chi connectivity index (χ0) is 15.6. The van der Waals surface area contributed by atoms with Gasteiger partial charge in [-0.2, -0.15) is 4.98 Å². The standard InChI is InChI=1S/C11H11Cl2N5O2S/c1-18(2)21(19,20)9-6-14-4-3-8(9)16-10-7(12)5-15-11(13)17-10/h3-6H,1-2H3,(H,14,15,16,17). The summed E-state index contributed by atoms with van der Waals surface area (Å²) in [5.41, 5.74) is 0.287. The van der Waals surface area contributed by atoms with Gasteiger partial charge in [0.1, 0.15) is 9.92 Å². The first-order valence-corrected chi connectivity index (χ1v) is 7.83. The summed E-state index contributed by atoms with van der Waals surface area (Å²) >= 11 is 11.7. The molecule has 0 unspecified atom stereocenters. The van der Waals surface area contributed by atoms with Crippen molar-refractivity contribution in [2.24, 2.45) is 0 Å². The van der Waals surface area contributed by atoms with E-state index in [2.05, 4.69) is 20.3 Å².